The first-order valence-corrected chi connectivity index (χ1v) is 5.70. The highest BCUT2D eigenvalue weighted by atomic mass is 16.5. The molecule has 0 fully saturated rings. The standard InChI is InChI=1S/C13H15NO3/c1-17-13(16)12-11(15)8-7-10(14-12)9-5-3-2-4-6-9/h5,7-8,15H,2-4,6H2,1H3. The number of carbonyl (C=O) groups is 1. The Bertz CT molecular complexity index is 466. The van der Waals surface area contributed by atoms with Gasteiger partial charge in [-0.15, -0.1) is 0 Å². The minimum atomic E-state index is -0.610. The summed E-state index contributed by atoms with van der Waals surface area (Å²) < 4.78 is 4.58. The van der Waals surface area contributed by atoms with Gasteiger partial charge in [0.25, 0.3) is 0 Å². The molecule has 0 saturated carbocycles. The van der Waals surface area contributed by atoms with Crippen LogP contribution < -0.4 is 0 Å². The second kappa shape index (κ2) is 4.99. The molecule has 0 spiro atoms. The van der Waals surface area contributed by atoms with E-state index in [9.17, 15) is 9.90 Å². The van der Waals surface area contributed by atoms with Gasteiger partial charge in [-0.05, 0) is 43.4 Å². The normalized spacial score (nSPS) is 15.2. The monoisotopic (exact) mass is 233 g/mol. The van der Waals surface area contributed by atoms with E-state index in [0.29, 0.717) is 0 Å². The van der Waals surface area contributed by atoms with Crippen molar-refractivity contribution in [3.05, 3.63) is 29.6 Å². The molecule has 1 aromatic heterocycles. The topological polar surface area (TPSA) is 59.4 Å². The Hall–Kier alpha value is -1.84. The second-order valence-electron chi connectivity index (χ2n) is 4.03. The number of rotatable bonds is 2. The highest BCUT2D eigenvalue weighted by molar-refractivity contribution is 5.90. The summed E-state index contributed by atoms with van der Waals surface area (Å²) in [6.45, 7) is 0. The number of ether oxygens (including phenoxy) is 1. The van der Waals surface area contributed by atoms with Crippen molar-refractivity contribution in [2.24, 2.45) is 0 Å². The third-order valence-corrected chi connectivity index (χ3v) is 2.87. The first-order chi connectivity index (χ1) is 8.22. The summed E-state index contributed by atoms with van der Waals surface area (Å²) in [5, 5.41) is 9.55. The van der Waals surface area contributed by atoms with Crippen molar-refractivity contribution in [1.29, 1.82) is 0 Å². The van der Waals surface area contributed by atoms with Gasteiger partial charge in [0.05, 0.1) is 12.8 Å². The number of aromatic hydroxyl groups is 1. The van der Waals surface area contributed by atoms with E-state index in [1.807, 2.05) is 0 Å². The Morgan fingerprint density at radius 3 is 2.88 bits per heavy atom. The minimum Gasteiger partial charge on any atom is -0.505 e. The highest BCUT2D eigenvalue weighted by Crippen LogP contribution is 2.27. The van der Waals surface area contributed by atoms with Crippen LogP contribution >= 0.6 is 0 Å². The summed E-state index contributed by atoms with van der Waals surface area (Å²) in [7, 11) is 1.27. The average molecular weight is 233 g/mol. The molecule has 17 heavy (non-hydrogen) atoms. The number of hydrogen-bond acceptors (Lipinski definition) is 4. The maximum atomic E-state index is 11.4. The number of pyridine rings is 1. The summed E-state index contributed by atoms with van der Waals surface area (Å²) in [4.78, 5) is 15.6. The molecule has 0 saturated heterocycles. The maximum absolute atomic E-state index is 11.4. The number of allylic oxidation sites excluding steroid dienone is 2. The predicted molar refractivity (Wildman–Crippen MR) is 63.7 cm³/mol. The quantitative estimate of drug-likeness (QED) is 0.797. The first kappa shape index (κ1) is 11.6. The Balaban J connectivity index is 2.36. The van der Waals surface area contributed by atoms with Crippen molar-refractivity contribution >= 4 is 11.5 Å². The molecule has 0 amide bonds. The molecule has 90 valence electrons. The Kier molecular flexibility index (Phi) is 3.42. The van der Waals surface area contributed by atoms with Crippen LogP contribution in [0.3, 0.4) is 0 Å². The number of hydrogen-bond donors (Lipinski definition) is 1. The van der Waals surface area contributed by atoms with Crippen molar-refractivity contribution in [2.75, 3.05) is 7.11 Å². The summed E-state index contributed by atoms with van der Waals surface area (Å²) >= 11 is 0. The van der Waals surface area contributed by atoms with E-state index < -0.39 is 5.97 Å². The molecule has 0 unspecified atom stereocenters. The molecule has 1 aromatic rings. The van der Waals surface area contributed by atoms with Crippen LogP contribution in [0, 0.1) is 0 Å². The molecule has 1 heterocycles. The number of aromatic nitrogens is 1. The molecular formula is C13H15NO3. The average Bonchev–Trinajstić information content (AvgIpc) is 2.39. The van der Waals surface area contributed by atoms with Crippen molar-refractivity contribution < 1.29 is 14.6 Å². The van der Waals surface area contributed by atoms with E-state index in [1.165, 1.54) is 19.6 Å². The van der Waals surface area contributed by atoms with Crippen LogP contribution in [-0.4, -0.2) is 23.2 Å². The van der Waals surface area contributed by atoms with Crippen LogP contribution in [0.25, 0.3) is 5.57 Å². The van der Waals surface area contributed by atoms with E-state index >= 15 is 0 Å². The van der Waals surface area contributed by atoms with Gasteiger partial charge < -0.3 is 9.84 Å². The van der Waals surface area contributed by atoms with Crippen molar-refractivity contribution in [3.63, 3.8) is 0 Å². The van der Waals surface area contributed by atoms with Crippen LogP contribution in [0.2, 0.25) is 0 Å². The molecule has 1 N–H and O–H groups in total. The zero-order valence-electron chi connectivity index (χ0n) is 9.77. The Morgan fingerprint density at radius 1 is 1.41 bits per heavy atom. The molecule has 4 heteroatoms. The maximum Gasteiger partial charge on any atom is 0.360 e. The van der Waals surface area contributed by atoms with Gasteiger partial charge in [-0.3, -0.25) is 0 Å². The van der Waals surface area contributed by atoms with Crippen molar-refractivity contribution in [3.8, 4) is 5.75 Å². The van der Waals surface area contributed by atoms with E-state index in [2.05, 4.69) is 15.8 Å². The SMILES string of the molecule is COC(=O)c1nc(C2=CCCCC2)ccc1O. The van der Waals surface area contributed by atoms with Crippen LogP contribution in [0.15, 0.2) is 18.2 Å². The molecule has 0 aromatic carbocycles. The molecule has 1 aliphatic rings. The third-order valence-electron chi connectivity index (χ3n) is 2.87. The molecule has 0 atom stereocenters. The van der Waals surface area contributed by atoms with Crippen LogP contribution in [0.5, 0.6) is 5.75 Å². The van der Waals surface area contributed by atoms with Gasteiger partial charge in [0.1, 0.15) is 5.75 Å². The zero-order chi connectivity index (χ0) is 12.3. The largest absolute Gasteiger partial charge is 0.505 e. The van der Waals surface area contributed by atoms with Gasteiger partial charge in [-0.1, -0.05) is 6.08 Å². The van der Waals surface area contributed by atoms with Gasteiger partial charge in [0.15, 0.2) is 5.69 Å². The fraction of sp³-hybridized carbons (Fsp3) is 0.385. The summed E-state index contributed by atoms with van der Waals surface area (Å²) in [5.74, 6) is -0.752. The Morgan fingerprint density at radius 2 is 2.24 bits per heavy atom. The molecule has 2 rings (SSSR count). The van der Waals surface area contributed by atoms with Crippen LogP contribution in [-0.2, 0) is 4.74 Å². The molecule has 0 aliphatic heterocycles. The predicted octanol–water partition coefficient (Wildman–Crippen LogP) is 2.53. The zero-order valence-corrected chi connectivity index (χ0v) is 9.77. The minimum absolute atomic E-state index is 0.0172. The van der Waals surface area contributed by atoms with Crippen molar-refractivity contribution in [1.82, 2.24) is 4.98 Å². The molecule has 0 radical (unpaired) electrons. The lowest BCUT2D eigenvalue weighted by Crippen LogP contribution is -2.06. The lowest BCUT2D eigenvalue weighted by molar-refractivity contribution is 0.0590. The molecule has 0 bridgehead atoms. The van der Waals surface area contributed by atoms with Crippen LogP contribution in [0.4, 0.5) is 0 Å². The third kappa shape index (κ3) is 2.46. The number of methoxy groups -OCH3 is 1. The highest BCUT2D eigenvalue weighted by Gasteiger charge is 2.16. The van der Waals surface area contributed by atoms with E-state index in [1.54, 1.807) is 6.07 Å². The van der Waals surface area contributed by atoms with Gasteiger partial charge in [0, 0.05) is 0 Å². The van der Waals surface area contributed by atoms with E-state index in [-0.39, 0.29) is 11.4 Å². The summed E-state index contributed by atoms with van der Waals surface area (Å²) in [6.07, 6.45) is 6.50. The summed E-state index contributed by atoms with van der Waals surface area (Å²) in [5.41, 5.74) is 1.88. The van der Waals surface area contributed by atoms with Crippen molar-refractivity contribution in [2.45, 2.75) is 25.7 Å². The lowest BCUT2D eigenvalue weighted by atomic mass is 9.97. The fourth-order valence-corrected chi connectivity index (χ4v) is 1.95. The lowest BCUT2D eigenvalue weighted by Gasteiger charge is -2.13. The molecule has 4 nitrogen and oxygen atoms in total. The van der Waals surface area contributed by atoms with Gasteiger partial charge in [-0.25, -0.2) is 9.78 Å². The van der Waals surface area contributed by atoms with E-state index in [0.717, 1.165) is 30.5 Å². The van der Waals surface area contributed by atoms with Gasteiger partial charge in [0.2, 0.25) is 0 Å². The number of nitrogens with zero attached hydrogens (tertiary/aromatic N) is 1. The second-order valence-corrected chi connectivity index (χ2v) is 4.03. The summed E-state index contributed by atoms with van der Waals surface area (Å²) in [6, 6.07) is 3.23. The first-order valence-electron chi connectivity index (χ1n) is 5.70. The molecule has 1 aliphatic carbocycles. The van der Waals surface area contributed by atoms with E-state index in [4.69, 9.17) is 0 Å². The number of esters is 1. The smallest absolute Gasteiger partial charge is 0.360 e. The fourth-order valence-electron chi connectivity index (χ4n) is 1.95. The molecular weight excluding hydrogens is 218 g/mol. The number of carbonyl (C=O) groups excluding carboxylic acids is 1. The van der Waals surface area contributed by atoms with Gasteiger partial charge in [-0.2, -0.15) is 0 Å². The Labute approximate surface area is 99.9 Å². The van der Waals surface area contributed by atoms with Crippen LogP contribution in [0.1, 0.15) is 41.9 Å². The van der Waals surface area contributed by atoms with Gasteiger partial charge >= 0.3 is 5.97 Å².